The summed E-state index contributed by atoms with van der Waals surface area (Å²) in [6, 6.07) is 3.53. The van der Waals surface area contributed by atoms with Gasteiger partial charge in [-0.1, -0.05) is 41.4 Å². The van der Waals surface area contributed by atoms with Crippen LogP contribution in [0.15, 0.2) is 23.8 Å². The predicted octanol–water partition coefficient (Wildman–Crippen LogP) is 4.40. The van der Waals surface area contributed by atoms with Crippen LogP contribution in [0.1, 0.15) is 19.4 Å². The highest BCUT2D eigenvalue weighted by atomic mass is 79.9. The Morgan fingerprint density at radius 3 is 2.20 bits per heavy atom. The molecule has 82 valence electrons. The molecule has 0 atom stereocenters. The van der Waals surface area contributed by atoms with Crippen molar-refractivity contribution in [1.29, 1.82) is 0 Å². The van der Waals surface area contributed by atoms with E-state index in [-0.39, 0.29) is 0 Å². The Morgan fingerprint density at radius 1 is 1.27 bits per heavy atom. The summed E-state index contributed by atoms with van der Waals surface area (Å²) in [5.74, 6) is -0.728. The van der Waals surface area contributed by atoms with E-state index in [9.17, 15) is 8.78 Å². The fraction of sp³-hybridized carbons (Fsp3) is 0.333. The summed E-state index contributed by atoms with van der Waals surface area (Å²) in [5, 5.41) is 0.711. The molecule has 0 nitrogen and oxygen atoms in total. The lowest BCUT2D eigenvalue weighted by molar-refractivity contribution is 0.582. The number of allylic oxidation sites excluding steroid dienone is 1. The molecule has 0 N–H and O–H groups in total. The molecule has 0 saturated carbocycles. The standard InChI is InChI=1S/C12H13BrF2/c1-8(2)10(7-13)3-9-4-11(14)6-12(15)5-9/h3-6,8H,7H2,1-2H3/b10-3+. The molecule has 0 saturated heterocycles. The molecule has 0 amide bonds. The topological polar surface area (TPSA) is 0 Å². The van der Waals surface area contributed by atoms with Crippen LogP contribution in [0.25, 0.3) is 6.08 Å². The molecule has 15 heavy (non-hydrogen) atoms. The zero-order valence-corrected chi connectivity index (χ0v) is 10.3. The van der Waals surface area contributed by atoms with Gasteiger partial charge >= 0.3 is 0 Å². The van der Waals surface area contributed by atoms with Crippen LogP contribution in [-0.2, 0) is 0 Å². The third-order valence-corrected chi connectivity index (χ3v) is 2.78. The first kappa shape index (κ1) is 12.4. The highest BCUT2D eigenvalue weighted by Gasteiger charge is 2.03. The fourth-order valence-corrected chi connectivity index (χ4v) is 2.04. The predicted molar refractivity (Wildman–Crippen MR) is 63.0 cm³/mol. The van der Waals surface area contributed by atoms with E-state index in [1.54, 1.807) is 0 Å². The number of rotatable bonds is 3. The third kappa shape index (κ3) is 3.74. The van der Waals surface area contributed by atoms with Gasteiger partial charge in [0, 0.05) is 11.4 Å². The van der Waals surface area contributed by atoms with Crippen molar-refractivity contribution in [2.75, 3.05) is 5.33 Å². The number of hydrogen-bond acceptors (Lipinski definition) is 0. The molecule has 0 aliphatic rings. The Labute approximate surface area is 97.1 Å². The van der Waals surface area contributed by atoms with E-state index in [0.29, 0.717) is 16.8 Å². The van der Waals surface area contributed by atoms with Crippen LogP contribution in [0.3, 0.4) is 0 Å². The summed E-state index contributed by atoms with van der Waals surface area (Å²) in [5.41, 5.74) is 1.68. The first-order valence-corrected chi connectivity index (χ1v) is 5.87. The summed E-state index contributed by atoms with van der Waals surface area (Å²) in [4.78, 5) is 0. The van der Waals surface area contributed by atoms with E-state index >= 15 is 0 Å². The van der Waals surface area contributed by atoms with Crippen molar-refractivity contribution in [2.45, 2.75) is 13.8 Å². The van der Waals surface area contributed by atoms with E-state index in [2.05, 4.69) is 15.9 Å². The van der Waals surface area contributed by atoms with Gasteiger partial charge in [-0.15, -0.1) is 0 Å². The Kier molecular flexibility index (Phi) is 4.45. The summed E-state index contributed by atoms with van der Waals surface area (Å²) in [6.07, 6.45) is 1.81. The van der Waals surface area contributed by atoms with E-state index in [0.717, 1.165) is 11.6 Å². The van der Waals surface area contributed by atoms with Crippen molar-refractivity contribution in [1.82, 2.24) is 0 Å². The second-order valence-corrected chi connectivity index (χ2v) is 4.27. The van der Waals surface area contributed by atoms with Gasteiger partial charge in [-0.05, 0) is 23.6 Å². The maximum atomic E-state index is 12.9. The second-order valence-electron chi connectivity index (χ2n) is 3.71. The Balaban J connectivity index is 3.05. The molecule has 0 radical (unpaired) electrons. The van der Waals surface area contributed by atoms with Gasteiger partial charge in [-0.3, -0.25) is 0 Å². The number of alkyl halides is 1. The van der Waals surface area contributed by atoms with E-state index in [1.165, 1.54) is 12.1 Å². The van der Waals surface area contributed by atoms with E-state index < -0.39 is 11.6 Å². The van der Waals surface area contributed by atoms with Crippen LogP contribution >= 0.6 is 15.9 Å². The average molecular weight is 275 g/mol. The van der Waals surface area contributed by atoms with Crippen molar-refractivity contribution in [2.24, 2.45) is 5.92 Å². The molecule has 0 heterocycles. The summed E-state index contributed by atoms with van der Waals surface area (Å²) < 4.78 is 25.8. The Morgan fingerprint density at radius 2 is 1.80 bits per heavy atom. The molecule has 3 heteroatoms. The minimum Gasteiger partial charge on any atom is -0.207 e. The molecule has 0 unspecified atom stereocenters. The molecule has 0 aliphatic heterocycles. The largest absolute Gasteiger partial charge is 0.207 e. The van der Waals surface area contributed by atoms with Crippen molar-refractivity contribution >= 4 is 22.0 Å². The van der Waals surface area contributed by atoms with Crippen LogP contribution in [0.2, 0.25) is 0 Å². The lowest BCUT2D eigenvalue weighted by atomic mass is 10.0. The first-order valence-electron chi connectivity index (χ1n) is 4.75. The van der Waals surface area contributed by atoms with Crippen LogP contribution in [-0.4, -0.2) is 5.33 Å². The van der Waals surface area contributed by atoms with Gasteiger partial charge < -0.3 is 0 Å². The van der Waals surface area contributed by atoms with Gasteiger partial charge in [0.25, 0.3) is 0 Å². The smallest absolute Gasteiger partial charge is 0.126 e. The van der Waals surface area contributed by atoms with Crippen molar-refractivity contribution in [3.05, 3.63) is 41.0 Å². The average Bonchev–Trinajstić information content (AvgIpc) is 2.12. The van der Waals surface area contributed by atoms with Crippen LogP contribution in [0.4, 0.5) is 8.78 Å². The normalized spacial score (nSPS) is 12.3. The van der Waals surface area contributed by atoms with Crippen LogP contribution in [0.5, 0.6) is 0 Å². The summed E-state index contributed by atoms with van der Waals surface area (Å²) in [6.45, 7) is 4.09. The molecular formula is C12H13BrF2. The maximum absolute atomic E-state index is 12.9. The van der Waals surface area contributed by atoms with Crippen molar-refractivity contribution in [3.8, 4) is 0 Å². The van der Waals surface area contributed by atoms with Gasteiger partial charge in [-0.25, -0.2) is 8.78 Å². The zero-order chi connectivity index (χ0) is 11.4. The highest BCUT2D eigenvalue weighted by molar-refractivity contribution is 9.09. The quantitative estimate of drug-likeness (QED) is 0.717. The third-order valence-electron chi connectivity index (χ3n) is 2.13. The lowest BCUT2D eigenvalue weighted by Gasteiger charge is -2.07. The molecule has 0 aromatic heterocycles. The molecular weight excluding hydrogens is 262 g/mol. The summed E-state index contributed by atoms with van der Waals surface area (Å²) in [7, 11) is 0. The minimum absolute atomic E-state index is 0.357. The molecule has 0 fully saturated rings. The minimum atomic E-state index is -0.543. The number of benzene rings is 1. The van der Waals surface area contributed by atoms with Crippen molar-refractivity contribution < 1.29 is 8.78 Å². The van der Waals surface area contributed by atoms with E-state index in [1.807, 2.05) is 19.9 Å². The lowest BCUT2D eigenvalue weighted by Crippen LogP contribution is -1.95. The van der Waals surface area contributed by atoms with Gasteiger partial charge in [0.05, 0.1) is 0 Å². The van der Waals surface area contributed by atoms with Crippen molar-refractivity contribution in [3.63, 3.8) is 0 Å². The maximum Gasteiger partial charge on any atom is 0.126 e. The van der Waals surface area contributed by atoms with Gasteiger partial charge in [0.15, 0.2) is 0 Å². The highest BCUT2D eigenvalue weighted by Crippen LogP contribution is 2.18. The van der Waals surface area contributed by atoms with Crippen LogP contribution in [0, 0.1) is 17.6 Å². The monoisotopic (exact) mass is 274 g/mol. The van der Waals surface area contributed by atoms with E-state index in [4.69, 9.17) is 0 Å². The Hall–Kier alpha value is -0.700. The van der Waals surface area contributed by atoms with Gasteiger partial charge in [-0.2, -0.15) is 0 Å². The van der Waals surface area contributed by atoms with Crippen LogP contribution < -0.4 is 0 Å². The molecule has 1 aromatic rings. The first-order chi connectivity index (χ1) is 7.02. The Bertz CT molecular complexity index is 350. The van der Waals surface area contributed by atoms with Gasteiger partial charge in [0.1, 0.15) is 11.6 Å². The molecule has 0 aliphatic carbocycles. The van der Waals surface area contributed by atoms with Gasteiger partial charge in [0.2, 0.25) is 0 Å². The zero-order valence-electron chi connectivity index (χ0n) is 8.73. The molecule has 0 bridgehead atoms. The second kappa shape index (κ2) is 5.40. The summed E-state index contributed by atoms with van der Waals surface area (Å²) >= 11 is 3.36. The molecule has 0 spiro atoms. The number of halogens is 3. The SMILES string of the molecule is CC(C)/C(=C/c1cc(F)cc(F)c1)CBr. The molecule has 1 rings (SSSR count). The molecule has 1 aromatic carbocycles. The number of hydrogen-bond donors (Lipinski definition) is 0. The fourth-order valence-electron chi connectivity index (χ4n) is 1.23.